The van der Waals surface area contributed by atoms with E-state index in [4.69, 9.17) is 4.55 Å². The number of benzene rings is 1. The van der Waals surface area contributed by atoms with Gasteiger partial charge in [-0.05, 0) is 19.1 Å². The number of aryl methyl sites for hydroxylation is 1. The molecule has 2 nitrogen and oxygen atoms in total. The average Bonchev–Trinajstić information content (AvgIpc) is 1.88. The maximum Gasteiger partial charge on any atom is 0.186 e. The van der Waals surface area contributed by atoms with Gasteiger partial charge in [0.25, 0.3) is 0 Å². The molecule has 4 heteroatoms. The van der Waals surface area contributed by atoms with E-state index in [1.807, 2.05) is 19.1 Å². The monoisotopic (exact) mass is 195 g/mol. The van der Waals surface area contributed by atoms with E-state index in [-0.39, 0.29) is 51.4 Å². The molecule has 1 atom stereocenters. The third-order valence-electron chi connectivity index (χ3n) is 1.22. The van der Waals surface area contributed by atoms with Gasteiger partial charge >= 0.3 is 0 Å². The molecule has 1 radical (unpaired) electrons. The van der Waals surface area contributed by atoms with Crippen LogP contribution < -0.4 is 0 Å². The Hall–Kier alpha value is 0.966. The van der Waals surface area contributed by atoms with Gasteiger partial charge in [-0.2, -0.15) is 0 Å². The first kappa shape index (κ1) is 12.0. The molecule has 1 N–H and O–H groups in total. The second kappa shape index (κ2) is 5.58. The van der Waals surface area contributed by atoms with E-state index in [9.17, 15) is 4.21 Å². The molecule has 11 heavy (non-hydrogen) atoms. The summed E-state index contributed by atoms with van der Waals surface area (Å²) in [6.07, 6.45) is 0. The van der Waals surface area contributed by atoms with Crippen molar-refractivity contribution in [3.63, 3.8) is 0 Å². The Morgan fingerprint density at radius 1 is 1.27 bits per heavy atom. The molecule has 0 aliphatic heterocycles. The van der Waals surface area contributed by atoms with Gasteiger partial charge in [0, 0.05) is 51.4 Å². The Kier molecular flexibility index (Phi) is 6.07. The van der Waals surface area contributed by atoms with Crippen LogP contribution in [-0.2, 0) is 11.1 Å². The van der Waals surface area contributed by atoms with E-state index < -0.39 is 11.1 Å². The maximum absolute atomic E-state index is 10.4. The largest absolute Gasteiger partial charge is 0.302 e. The molecular formula is C7H8KO2S. The molecule has 1 unspecified atom stereocenters. The molecule has 0 heterocycles. The Balaban J connectivity index is 0.000001000. The smallest absolute Gasteiger partial charge is 0.186 e. The molecule has 0 aromatic heterocycles. The Morgan fingerprint density at radius 3 is 2.09 bits per heavy atom. The summed E-state index contributed by atoms with van der Waals surface area (Å²) < 4.78 is 19.0. The summed E-state index contributed by atoms with van der Waals surface area (Å²) in [6.45, 7) is 1.93. The predicted octanol–water partition coefficient (Wildman–Crippen LogP) is 1.19. The zero-order valence-electron chi connectivity index (χ0n) is 6.57. The van der Waals surface area contributed by atoms with E-state index in [0.29, 0.717) is 4.90 Å². The molecule has 0 bridgehead atoms. The number of hydrogen-bond donors (Lipinski definition) is 1. The van der Waals surface area contributed by atoms with Crippen molar-refractivity contribution in [3.05, 3.63) is 29.8 Å². The molecule has 0 saturated carbocycles. The van der Waals surface area contributed by atoms with Crippen LogP contribution in [0.15, 0.2) is 29.2 Å². The van der Waals surface area contributed by atoms with Crippen molar-refractivity contribution in [1.82, 2.24) is 0 Å². The summed E-state index contributed by atoms with van der Waals surface area (Å²) >= 11 is -1.84. The fourth-order valence-electron chi connectivity index (χ4n) is 0.655. The summed E-state index contributed by atoms with van der Waals surface area (Å²) in [7, 11) is 0. The van der Waals surface area contributed by atoms with Gasteiger partial charge < -0.3 is 4.55 Å². The van der Waals surface area contributed by atoms with Crippen LogP contribution in [-0.4, -0.2) is 60.1 Å². The van der Waals surface area contributed by atoms with Crippen LogP contribution in [0.1, 0.15) is 5.56 Å². The Labute approximate surface area is 111 Å². The fourth-order valence-corrected chi connectivity index (χ4v) is 1.02. The average molecular weight is 195 g/mol. The minimum Gasteiger partial charge on any atom is -0.302 e. The van der Waals surface area contributed by atoms with Crippen molar-refractivity contribution in [2.75, 3.05) is 0 Å². The second-order valence-electron chi connectivity index (χ2n) is 2.06. The molecule has 1 aromatic rings. The van der Waals surface area contributed by atoms with Crippen LogP contribution in [0.3, 0.4) is 0 Å². The number of rotatable bonds is 1. The van der Waals surface area contributed by atoms with Crippen molar-refractivity contribution in [2.45, 2.75) is 11.8 Å². The van der Waals surface area contributed by atoms with Crippen molar-refractivity contribution >= 4 is 62.5 Å². The molecule has 1 aromatic carbocycles. The van der Waals surface area contributed by atoms with Crippen LogP contribution in [0.25, 0.3) is 0 Å². The molecule has 0 spiro atoms. The van der Waals surface area contributed by atoms with Crippen molar-refractivity contribution < 1.29 is 8.76 Å². The Bertz CT molecular complexity index is 245. The molecule has 0 amide bonds. The van der Waals surface area contributed by atoms with E-state index in [0.717, 1.165) is 5.56 Å². The SMILES string of the molecule is Cc1ccc(S(=O)O)cc1.[K]. The van der Waals surface area contributed by atoms with Gasteiger partial charge in [0.15, 0.2) is 11.1 Å². The zero-order chi connectivity index (χ0) is 7.56. The molecule has 0 saturated heterocycles. The van der Waals surface area contributed by atoms with Gasteiger partial charge in [0.05, 0.1) is 4.90 Å². The third kappa shape index (κ3) is 3.94. The molecule has 0 fully saturated rings. The minimum absolute atomic E-state index is 0. The first-order chi connectivity index (χ1) is 4.70. The van der Waals surface area contributed by atoms with Crippen LogP contribution >= 0.6 is 0 Å². The molecule has 1 rings (SSSR count). The minimum atomic E-state index is -1.84. The maximum atomic E-state index is 10.4. The van der Waals surface area contributed by atoms with Gasteiger partial charge in [0.2, 0.25) is 0 Å². The summed E-state index contributed by atoms with van der Waals surface area (Å²) in [5.74, 6) is 0. The van der Waals surface area contributed by atoms with Gasteiger partial charge in [-0.15, -0.1) is 0 Å². The predicted molar refractivity (Wildman–Crippen MR) is 46.0 cm³/mol. The summed E-state index contributed by atoms with van der Waals surface area (Å²) in [5, 5.41) is 0. The van der Waals surface area contributed by atoms with Crippen LogP contribution in [0, 0.1) is 6.92 Å². The fraction of sp³-hybridized carbons (Fsp3) is 0.143. The first-order valence-electron chi connectivity index (χ1n) is 2.87. The van der Waals surface area contributed by atoms with Crippen molar-refractivity contribution in [3.8, 4) is 0 Å². The summed E-state index contributed by atoms with van der Waals surface area (Å²) in [4.78, 5) is 0.450. The van der Waals surface area contributed by atoms with Crippen LogP contribution in [0.4, 0.5) is 0 Å². The van der Waals surface area contributed by atoms with Crippen molar-refractivity contribution in [1.29, 1.82) is 0 Å². The number of hydrogen-bond acceptors (Lipinski definition) is 1. The summed E-state index contributed by atoms with van der Waals surface area (Å²) in [5.41, 5.74) is 1.09. The molecular weight excluding hydrogens is 187 g/mol. The zero-order valence-corrected chi connectivity index (χ0v) is 10.5. The van der Waals surface area contributed by atoms with E-state index in [1.165, 1.54) is 0 Å². The van der Waals surface area contributed by atoms with Gasteiger partial charge in [-0.3, -0.25) is 0 Å². The quantitative estimate of drug-likeness (QED) is 0.540. The normalized spacial score (nSPS) is 11.8. The van der Waals surface area contributed by atoms with E-state index in [2.05, 4.69) is 0 Å². The van der Waals surface area contributed by atoms with Gasteiger partial charge in [0.1, 0.15) is 0 Å². The molecule has 55 valence electrons. The van der Waals surface area contributed by atoms with Gasteiger partial charge in [-0.1, -0.05) is 17.7 Å². The second-order valence-corrected chi connectivity index (χ2v) is 3.03. The van der Waals surface area contributed by atoms with E-state index in [1.54, 1.807) is 12.1 Å². The Morgan fingerprint density at radius 2 is 1.73 bits per heavy atom. The van der Waals surface area contributed by atoms with E-state index >= 15 is 0 Å². The van der Waals surface area contributed by atoms with Gasteiger partial charge in [-0.25, -0.2) is 4.21 Å². The first-order valence-corrected chi connectivity index (χ1v) is 3.98. The van der Waals surface area contributed by atoms with Crippen molar-refractivity contribution in [2.24, 2.45) is 0 Å². The standard InChI is InChI=1S/C7H8O2S.K/c1-6-2-4-7(5-3-6)10(8)9;/h2-5H,1H3,(H,8,9);. The van der Waals surface area contributed by atoms with Crippen LogP contribution in [0.2, 0.25) is 0 Å². The molecule has 0 aliphatic carbocycles. The topological polar surface area (TPSA) is 37.3 Å². The summed E-state index contributed by atoms with van der Waals surface area (Å²) in [6, 6.07) is 6.91. The third-order valence-corrected chi connectivity index (χ3v) is 1.90. The molecule has 0 aliphatic rings. The van der Waals surface area contributed by atoms with Crippen LogP contribution in [0.5, 0.6) is 0 Å².